The molecule has 276 valence electrons. The Labute approximate surface area is 353 Å². The van der Waals surface area contributed by atoms with Gasteiger partial charge in [0.15, 0.2) is 0 Å². The molecule has 0 heterocycles. The number of unbranched alkanes of at least 4 members (excludes halogenated alkanes) is 1. The first kappa shape index (κ1) is 46.4. The zero-order valence-corrected chi connectivity index (χ0v) is 38.1. The maximum atomic E-state index is 5.98. The average Bonchev–Trinajstić information content (AvgIpc) is 3.68. The molecule has 0 saturated carbocycles. The third-order valence-electron chi connectivity index (χ3n) is 9.26. The predicted molar refractivity (Wildman–Crippen MR) is 215 cm³/mol. The minimum Gasteiger partial charge on any atom is -1.00 e. The van der Waals surface area contributed by atoms with Crippen molar-refractivity contribution in [3.63, 3.8) is 0 Å². The molecule has 2 aliphatic carbocycles. The second kappa shape index (κ2) is 19.7. The van der Waals surface area contributed by atoms with Crippen molar-refractivity contribution < 1.29 is 49.0 Å². The van der Waals surface area contributed by atoms with E-state index in [0.717, 1.165) is 27.6 Å². The van der Waals surface area contributed by atoms with E-state index in [0.29, 0.717) is 11.3 Å². The summed E-state index contributed by atoms with van der Waals surface area (Å²) in [5, 5.41) is 1.53. The van der Waals surface area contributed by atoms with E-state index in [1.54, 1.807) is 0 Å². The fourth-order valence-corrected chi connectivity index (χ4v) is 7.19. The molecule has 0 spiro atoms. The molecule has 0 aromatic heterocycles. The molecule has 4 aromatic carbocycles. The Morgan fingerprint density at radius 1 is 0.731 bits per heavy atom. The minimum absolute atomic E-state index is 0. The van der Waals surface area contributed by atoms with Gasteiger partial charge < -0.3 is 24.8 Å². The second-order valence-electron chi connectivity index (χ2n) is 16.6. The van der Waals surface area contributed by atoms with Gasteiger partial charge in [0.1, 0.15) is 0 Å². The molecule has 6 rings (SSSR count). The number of hydrogen-bond donors (Lipinski definition) is 0. The Morgan fingerprint density at radius 2 is 1.31 bits per heavy atom. The molecule has 0 N–H and O–H groups in total. The van der Waals surface area contributed by atoms with Gasteiger partial charge in [-0.3, -0.25) is 6.08 Å². The van der Waals surface area contributed by atoms with Crippen LogP contribution < -0.4 is 24.8 Å². The van der Waals surface area contributed by atoms with E-state index in [9.17, 15) is 0 Å². The van der Waals surface area contributed by atoms with Gasteiger partial charge in [0, 0.05) is 0 Å². The molecule has 52 heavy (non-hydrogen) atoms. The van der Waals surface area contributed by atoms with Crippen molar-refractivity contribution in [3.05, 3.63) is 152 Å². The number of allylic oxidation sites excluding steroid dienone is 4. The van der Waals surface area contributed by atoms with Crippen LogP contribution in [0.4, 0.5) is 0 Å². The van der Waals surface area contributed by atoms with Gasteiger partial charge in [-0.25, -0.2) is 6.08 Å². The van der Waals surface area contributed by atoms with E-state index < -0.39 is 0 Å². The predicted octanol–water partition coefficient (Wildman–Crippen LogP) is 7.91. The molecule has 0 amide bonds. The molecular formula is C47H54Cl4Zr-2. The van der Waals surface area contributed by atoms with Crippen molar-refractivity contribution in [2.45, 2.75) is 106 Å². The molecule has 0 bridgehead atoms. The van der Waals surface area contributed by atoms with Gasteiger partial charge in [-0.15, -0.1) is 11.1 Å². The van der Waals surface area contributed by atoms with Crippen LogP contribution in [0.1, 0.15) is 122 Å². The quantitative estimate of drug-likeness (QED) is 0.158. The Morgan fingerprint density at radius 3 is 1.79 bits per heavy atom. The third kappa shape index (κ3) is 12.9. The second-order valence-corrected chi connectivity index (χ2v) is 18.7. The van der Waals surface area contributed by atoms with Gasteiger partial charge in [-0.05, 0) is 28.4 Å². The fourth-order valence-electron chi connectivity index (χ4n) is 6.05. The van der Waals surface area contributed by atoms with Crippen LogP contribution in [0.3, 0.4) is 0 Å². The Hall–Kier alpha value is -1.73. The molecule has 5 heteroatoms. The Kier molecular flexibility index (Phi) is 17.6. The van der Waals surface area contributed by atoms with E-state index in [2.05, 4.69) is 136 Å². The molecular weight excluding hydrogens is 798 g/mol. The van der Waals surface area contributed by atoms with E-state index >= 15 is 0 Å². The summed E-state index contributed by atoms with van der Waals surface area (Å²) in [6.45, 7) is 22.6. The fraction of sp³-hybridized carbons (Fsp3) is 0.383. The smallest absolute Gasteiger partial charge is 1.00 e. The van der Waals surface area contributed by atoms with Gasteiger partial charge in [0.05, 0.1) is 0 Å². The maximum Gasteiger partial charge on any atom is -1.00 e. The van der Waals surface area contributed by atoms with Gasteiger partial charge in [0.25, 0.3) is 0 Å². The molecule has 0 nitrogen and oxygen atoms in total. The Balaban J connectivity index is 0.000000273. The number of benzene rings is 4. The van der Waals surface area contributed by atoms with Crippen LogP contribution in [-0.4, -0.2) is 3.21 Å². The van der Waals surface area contributed by atoms with Crippen LogP contribution >= 0.6 is 23.2 Å². The number of hydrogen-bond acceptors (Lipinski definition) is 0. The van der Waals surface area contributed by atoms with Crippen LogP contribution in [0, 0.1) is 23.5 Å². The Bertz CT molecular complexity index is 1750. The molecule has 0 aliphatic heterocycles. The molecule has 0 radical (unpaired) electrons. The van der Waals surface area contributed by atoms with E-state index in [1.807, 2.05) is 36.4 Å². The number of halogens is 4. The standard InChI is InChI=1S/C21H25.C13H8Cl2.C13H21.2ClH.Zr/c1-20(2,3)16-7-9-18-14(12-16)11-15-13-17(21(4,5)6)8-10-19(15)18;14-12-5-1-3-10(8-12)7-11-4-2-6-13(15)9-11;1-5-6-7-11-8-9-12(10-11)13(2,3)4;;;/h7-10,12H,11H2,1-6H3;1-6,8-9H;9-11H,5-7H2,1-4H3;2*1H;/q-1;;-1;;;+2/p-2. The van der Waals surface area contributed by atoms with Gasteiger partial charge in [0.2, 0.25) is 0 Å². The van der Waals surface area contributed by atoms with E-state index in [-0.39, 0.29) is 35.6 Å². The first-order chi connectivity index (χ1) is 23.4. The first-order valence-electron chi connectivity index (χ1n) is 18.0. The monoisotopic (exact) mass is 848 g/mol. The summed E-state index contributed by atoms with van der Waals surface area (Å²) in [7, 11) is 0. The summed E-state index contributed by atoms with van der Waals surface area (Å²) in [5.41, 5.74) is 12.8. The van der Waals surface area contributed by atoms with Crippen LogP contribution in [0.15, 0.2) is 96.6 Å². The number of rotatable bonds is 5. The zero-order chi connectivity index (χ0) is 36.9. The summed E-state index contributed by atoms with van der Waals surface area (Å²) in [5.74, 6) is 0.592. The van der Waals surface area contributed by atoms with Gasteiger partial charge >= 0.3 is 120 Å². The summed E-state index contributed by atoms with van der Waals surface area (Å²) in [6, 6.07) is 31.0. The van der Waals surface area contributed by atoms with Crippen molar-refractivity contribution in [2.24, 2.45) is 11.3 Å². The molecule has 0 saturated heterocycles. The SMILES string of the molecule is CC(C)(C)c1[c-]c2c(cc1)-c1ccc(C(C)(C)C)cc1C2.CCCCC1[C-]=CC(C(C)(C)C)=C1.Clc1cccc([C](=[Zr+2])c2cccc(Cl)c2)c1.[Cl-].[Cl-]. The summed E-state index contributed by atoms with van der Waals surface area (Å²) >= 11 is 13.3. The van der Waals surface area contributed by atoms with Gasteiger partial charge in [-0.2, -0.15) is 35.4 Å². The van der Waals surface area contributed by atoms with E-state index in [1.165, 1.54) is 85.7 Å². The molecule has 1 atom stereocenters. The van der Waals surface area contributed by atoms with Crippen molar-refractivity contribution in [3.8, 4) is 11.1 Å². The summed E-state index contributed by atoms with van der Waals surface area (Å²) < 4.78 is 1.26. The zero-order valence-electron chi connectivity index (χ0n) is 32.6. The van der Waals surface area contributed by atoms with Crippen molar-refractivity contribution in [2.75, 3.05) is 0 Å². The number of fused-ring (bicyclic) bond motifs is 3. The molecule has 1 unspecified atom stereocenters. The largest absolute Gasteiger partial charge is 1.00 e. The van der Waals surface area contributed by atoms with Crippen molar-refractivity contribution in [1.82, 2.24) is 0 Å². The van der Waals surface area contributed by atoms with E-state index in [4.69, 9.17) is 23.2 Å². The minimum atomic E-state index is 0. The molecule has 2 aliphatic rings. The van der Waals surface area contributed by atoms with Crippen molar-refractivity contribution >= 4 is 26.4 Å². The average molecular weight is 852 g/mol. The van der Waals surface area contributed by atoms with Crippen LogP contribution in [0.2, 0.25) is 10.0 Å². The van der Waals surface area contributed by atoms with Crippen LogP contribution in [-0.2, 0) is 41.5 Å². The first-order valence-corrected chi connectivity index (χ1v) is 20.0. The van der Waals surface area contributed by atoms with Crippen LogP contribution in [0.5, 0.6) is 0 Å². The van der Waals surface area contributed by atoms with Crippen molar-refractivity contribution in [1.29, 1.82) is 0 Å². The van der Waals surface area contributed by atoms with Gasteiger partial charge in [-0.1, -0.05) is 124 Å². The third-order valence-corrected chi connectivity index (χ3v) is 11.1. The normalized spacial score (nSPS) is 14.3. The topological polar surface area (TPSA) is 0 Å². The summed E-state index contributed by atoms with van der Waals surface area (Å²) in [4.78, 5) is 0. The molecule has 4 aromatic rings. The van der Waals surface area contributed by atoms with Crippen LogP contribution in [0.25, 0.3) is 11.1 Å². The summed E-state index contributed by atoms with van der Waals surface area (Å²) in [6.07, 6.45) is 12.9. The maximum absolute atomic E-state index is 5.98. The molecule has 0 fully saturated rings.